The van der Waals surface area contributed by atoms with Crippen molar-refractivity contribution in [3.05, 3.63) is 431 Å². The maximum absolute atomic E-state index is 6.45. The predicted octanol–water partition coefficient (Wildman–Crippen LogP) is 24.1. The summed E-state index contributed by atoms with van der Waals surface area (Å²) in [5, 5.41) is 0.191. The first-order valence-electron chi connectivity index (χ1n) is 39.1. The summed E-state index contributed by atoms with van der Waals surface area (Å²) in [6.07, 6.45) is 0. The number of nitrogens with zero attached hydrogens (tertiary/aromatic N) is 6. The summed E-state index contributed by atoms with van der Waals surface area (Å²) in [7, 11) is -0.464. The first-order valence-corrected chi connectivity index (χ1v) is 39.5. The van der Waals surface area contributed by atoms with E-state index < -0.39 is 29.2 Å². The normalized spacial score (nSPS) is 16.4. The molecule has 10 heteroatoms. The van der Waals surface area contributed by atoms with Gasteiger partial charge in [-0.2, -0.15) is 9.97 Å². The predicted molar refractivity (Wildman–Crippen MR) is 466 cm³/mol. The second-order valence-electron chi connectivity index (χ2n) is 32.1. The lowest BCUT2D eigenvalue weighted by Crippen LogP contribution is -2.42. The molecular weight excluding hydrogens is 1410 g/mol. The third kappa shape index (κ3) is 11.7. The van der Waals surface area contributed by atoms with Gasteiger partial charge in [-0.1, -0.05) is 373 Å². The fraction of sp³-hybridized carbons (Fsp3) is 0.125. The van der Waals surface area contributed by atoms with Gasteiger partial charge >= 0.3 is 7.12 Å². The van der Waals surface area contributed by atoms with E-state index in [1.807, 2.05) is 91.9 Å². The molecule has 14 aromatic carbocycles. The summed E-state index contributed by atoms with van der Waals surface area (Å²) in [6, 6.07) is 125. The highest BCUT2D eigenvalue weighted by Gasteiger charge is 2.59. The van der Waals surface area contributed by atoms with Crippen LogP contribution in [0.25, 0.3) is 101 Å². The molecule has 21 rings (SSSR count). The summed E-state index contributed by atoms with van der Waals surface area (Å²) < 4.78 is 12.9. The first kappa shape index (κ1) is 71.6. The highest BCUT2D eigenvalue weighted by atomic mass is 35.5. The van der Waals surface area contributed by atoms with E-state index in [1.54, 1.807) is 0 Å². The number of aromatic nitrogens is 6. The van der Waals surface area contributed by atoms with Crippen molar-refractivity contribution in [2.75, 3.05) is 0 Å². The summed E-state index contributed by atoms with van der Waals surface area (Å²) in [4.78, 5) is 28.5. The van der Waals surface area contributed by atoms with E-state index >= 15 is 0 Å². The van der Waals surface area contributed by atoms with Gasteiger partial charge in [-0.3, -0.25) is 0 Å². The molecule has 3 heterocycles. The molecule has 0 radical (unpaired) electrons. The van der Waals surface area contributed by atoms with E-state index in [0.717, 1.165) is 44.4 Å². The van der Waals surface area contributed by atoms with Crippen LogP contribution in [-0.2, 0) is 31.0 Å². The number of halogens is 1. The monoisotopic (exact) mass is 1490 g/mol. The van der Waals surface area contributed by atoms with Crippen LogP contribution < -0.4 is 5.46 Å². The van der Waals surface area contributed by atoms with Crippen LogP contribution in [0.4, 0.5) is 0 Å². The van der Waals surface area contributed by atoms with Gasteiger partial charge < -0.3 is 9.31 Å². The SMILES string of the molecule is CC1(C)c2ccccc2C2(c3ccccc3-c3ccc(-c4nc(-c5ccccc5)nc(-c5ccc(-c6ccccc6)cc5)n4)cc32)c2ccccc21.Clc1nc(-c2ccccc2)nc(-c2ccc(-c3ccccc3)cc2)n1.[2HH].[CH2+]C1(C)OB(c2ccc3c(c2)C2(c4ccccc4-3)c3ccccc3C(C)(C)c3ccccc32)OC1(C)C. The molecule has 8 nitrogen and oxygen atoms in total. The Morgan fingerprint density at radius 3 is 0.886 bits per heavy atom. The second-order valence-corrected chi connectivity index (χ2v) is 32.4. The van der Waals surface area contributed by atoms with E-state index in [0.29, 0.717) is 29.1 Å². The fourth-order valence-electron chi connectivity index (χ4n) is 18.4. The van der Waals surface area contributed by atoms with Crippen molar-refractivity contribution < 1.29 is 10.7 Å². The number of hydrogen-bond donors (Lipinski definition) is 0. The molecule has 5 aliphatic rings. The molecular formula is C104H83BClN6O2+. The second kappa shape index (κ2) is 27.9. The Hall–Kier alpha value is -12.8. The Labute approximate surface area is 674 Å². The van der Waals surface area contributed by atoms with Crippen molar-refractivity contribution in [2.45, 2.75) is 81.3 Å². The highest BCUT2D eigenvalue weighted by Crippen LogP contribution is 2.64. The summed E-state index contributed by atoms with van der Waals surface area (Å²) in [5.41, 5.74) is 29.2. The molecule has 1 atom stereocenters. The first-order chi connectivity index (χ1) is 55.4. The quantitative estimate of drug-likeness (QED) is 0.110. The number of rotatable bonds is 8. The smallest absolute Gasteiger partial charge is 0.395 e. The Balaban J connectivity index is 0.000000127. The number of fused-ring (bicyclic) bond motifs is 18. The molecule has 4 aliphatic carbocycles. The molecule has 16 aromatic rings. The summed E-state index contributed by atoms with van der Waals surface area (Å²) in [5.74, 6) is 3.10. The van der Waals surface area contributed by atoms with Gasteiger partial charge in [-0.05, 0) is 148 Å². The third-order valence-corrected chi connectivity index (χ3v) is 24.7. The molecule has 114 heavy (non-hydrogen) atoms. The fourth-order valence-corrected chi connectivity index (χ4v) is 18.5. The summed E-state index contributed by atoms with van der Waals surface area (Å²) in [6.45, 7) is 19.9. The third-order valence-electron chi connectivity index (χ3n) is 24.5. The van der Waals surface area contributed by atoms with Crippen LogP contribution in [0, 0.1) is 6.92 Å². The van der Waals surface area contributed by atoms with Crippen molar-refractivity contribution in [1.82, 2.24) is 29.9 Å². The van der Waals surface area contributed by atoms with Gasteiger partial charge in [0.1, 0.15) is 5.60 Å². The van der Waals surface area contributed by atoms with Gasteiger partial charge in [0.25, 0.3) is 0 Å². The zero-order chi connectivity index (χ0) is 77.7. The van der Waals surface area contributed by atoms with E-state index in [1.165, 1.54) is 100 Å². The van der Waals surface area contributed by atoms with Crippen molar-refractivity contribution in [1.29, 1.82) is 0 Å². The molecule has 0 saturated carbocycles. The molecule has 0 amide bonds. The van der Waals surface area contributed by atoms with E-state index in [2.05, 4.69) is 330 Å². The van der Waals surface area contributed by atoms with Crippen LogP contribution in [0.5, 0.6) is 0 Å². The molecule has 0 N–H and O–H groups in total. The van der Waals surface area contributed by atoms with Crippen molar-refractivity contribution >= 4 is 24.2 Å². The average Bonchev–Trinajstić information content (AvgIpc) is 1.58. The minimum Gasteiger partial charge on any atom is -0.395 e. The Kier molecular flexibility index (Phi) is 17.5. The maximum Gasteiger partial charge on any atom is 0.498 e. The molecule has 0 bridgehead atoms. The Morgan fingerprint density at radius 1 is 0.254 bits per heavy atom. The van der Waals surface area contributed by atoms with Crippen LogP contribution in [0.15, 0.2) is 352 Å². The molecule has 1 unspecified atom stereocenters. The Morgan fingerprint density at radius 2 is 0.518 bits per heavy atom. The summed E-state index contributed by atoms with van der Waals surface area (Å²) >= 11 is 6.11. The molecule has 550 valence electrons. The van der Waals surface area contributed by atoms with Gasteiger partial charge in [0.2, 0.25) is 10.9 Å². The number of hydrogen-bond acceptors (Lipinski definition) is 8. The standard InChI is InChI=1S/C49H35N3.C34H32BO2.C21H14ClN3.H2/c1-48(2)40-21-11-13-23-42(40)49(43-24-14-12-22-41(43)48)39-20-10-9-19-37(39)38-30-29-36(31-44(38)49)47-51-45(34-17-7-4-8-18-34)50-46(52-47)35-27-25-33(26-28-35)32-15-5-3-6-16-32;1-31(2)26-15-9-11-17-28(26)34(29-18-12-10-16-27(29)31)25-14-8-7-13-23(25)24-20-19-22(21-30(24)34)35-36-32(3,4)33(5,6)37-35;22-21-24-19(17-9-5-2-6-10-17)23-20(25-21)18-13-11-16(12-14-18)15-7-3-1-4-8-15;/h3-31H,1-2H3;7-21H,3H2,1-2,4-6H3;1-14H;1H/q;+1;;/i;;;1+1. The minimum absolute atomic E-state index is 0. The molecule has 2 spiro atoms. The van der Waals surface area contributed by atoms with Gasteiger partial charge in [0.05, 0.1) is 17.8 Å². The zero-order valence-corrected chi connectivity index (χ0v) is 65.4. The van der Waals surface area contributed by atoms with Crippen molar-refractivity contribution in [2.24, 2.45) is 0 Å². The lowest BCUT2D eigenvalue weighted by molar-refractivity contribution is 0.0262. The van der Waals surface area contributed by atoms with E-state index in [-0.39, 0.29) is 17.5 Å². The maximum atomic E-state index is 6.45. The molecule has 2 aromatic heterocycles. The van der Waals surface area contributed by atoms with Crippen molar-refractivity contribution in [3.63, 3.8) is 0 Å². The van der Waals surface area contributed by atoms with Crippen molar-refractivity contribution in [3.8, 4) is 101 Å². The largest absolute Gasteiger partial charge is 0.498 e. The van der Waals surface area contributed by atoms with Gasteiger partial charge in [-0.15, -0.1) is 0 Å². The topological polar surface area (TPSA) is 95.8 Å². The van der Waals surface area contributed by atoms with Crippen LogP contribution >= 0.6 is 11.6 Å². The molecule has 1 aliphatic heterocycles. The van der Waals surface area contributed by atoms with Crippen LogP contribution in [0.3, 0.4) is 0 Å². The van der Waals surface area contributed by atoms with Crippen LogP contribution in [-0.4, -0.2) is 48.2 Å². The van der Waals surface area contributed by atoms with Gasteiger partial charge in [0.15, 0.2) is 29.1 Å². The lowest BCUT2D eigenvalue weighted by Gasteiger charge is -2.46. The van der Waals surface area contributed by atoms with Gasteiger partial charge in [0, 0.05) is 47.0 Å². The van der Waals surface area contributed by atoms with Gasteiger partial charge in [-0.25, -0.2) is 19.9 Å². The lowest BCUT2D eigenvalue weighted by atomic mass is 9.55. The Bertz CT molecular complexity index is 6280. The minimum atomic E-state index is -0.634. The van der Waals surface area contributed by atoms with Crippen LogP contribution in [0.2, 0.25) is 5.28 Å². The molecule has 1 saturated heterocycles. The zero-order valence-electron chi connectivity index (χ0n) is 64.6. The highest BCUT2D eigenvalue weighted by molar-refractivity contribution is 6.62. The van der Waals surface area contributed by atoms with E-state index in [9.17, 15) is 0 Å². The molecule has 1 fully saturated rings. The van der Waals surface area contributed by atoms with Crippen LogP contribution in [0.1, 0.15) is 117 Å². The number of benzene rings is 14. The average molecular weight is 1500 g/mol. The van der Waals surface area contributed by atoms with E-state index in [4.69, 9.17) is 35.9 Å².